The third-order valence-electron chi connectivity index (χ3n) is 2.67. The SMILES string of the molecule is CNc1ncc(C(=O)NCc2nccn2C)cc1Cl. The highest BCUT2D eigenvalue weighted by Crippen LogP contribution is 2.19. The number of imidazole rings is 1. The van der Waals surface area contributed by atoms with E-state index in [1.54, 1.807) is 19.3 Å². The second kappa shape index (κ2) is 5.71. The van der Waals surface area contributed by atoms with E-state index in [0.717, 1.165) is 5.82 Å². The summed E-state index contributed by atoms with van der Waals surface area (Å²) in [5.74, 6) is 1.08. The average molecular weight is 280 g/mol. The molecule has 2 heterocycles. The highest BCUT2D eigenvalue weighted by Gasteiger charge is 2.10. The van der Waals surface area contributed by atoms with Gasteiger partial charge in [-0.3, -0.25) is 4.79 Å². The van der Waals surface area contributed by atoms with Crippen LogP contribution in [0.4, 0.5) is 5.82 Å². The van der Waals surface area contributed by atoms with Crippen molar-refractivity contribution in [2.75, 3.05) is 12.4 Å². The van der Waals surface area contributed by atoms with Crippen molar-refractivity contribution < 1.29 is 4.79 Å². The molecule has 2 aromatic heterocycles. The molecule has 0 saturated carbocycles. The van der Waals surface area contributed by atoms with Gasteiger partial charge < -0.3 is 15.2 Å². The smallest absolute Gasteiger partial charge is 0.253 e. The van der Waals surface area contributed by atoms with E-state index in [1.165, 1.54) is 6.20 Å². The summed E-state index contributed by atoms with van der Waals surface area (Å²) in [4.78, 5) is 20.1. The Bertz CT molecular complexity index is 596. The largest absolute Gasteiger partial charge is 0.372 e. The molecule has 19 heavy (non-hydrogen) atoms. The summed E-state index contributed by atoms with van der Waals surface area (Å²) in [5.41, 5.74) is 0.415. The molecule has 100 valence electrons. The van der Waals surface area contributed by atoms with Crippen LogP contribution in [0.1, 0.15) is 16.2 Å². The van der Waals surface area contributed by atoms with Crippen LogP contribution in [0, 0.1) is 0 Å². The Labute approximate surface area is 115 Å². The van der Waals surface area contributed by atoms with E-state index in [9.17, 15) is 4.79 Å². The number of anilines is 1. The standard InChI is InChI=1S/C12H14ClN5O/c1-14-11-9(13)5-8(6-16-11)12(19)17-7-10-15-3-4-18(10)2/h3-6H,7H2,1-2H3,(H,14,16)(H,17,19). The molecule has 0 atom stereocenters. The van der Waals surface area contributed by atoms with Crippen molar-refractivity contribution in [3.8, 4) is 0 Å². The molecule has 2 rings (SSSR count). The zero-order valence-electron chi connectivity index (χ0n) is 10.6. The first-order valence-electron chi connectivity index (χ1n) is 5.69. The Morgan fingerprint density at radius 2 is 2.26 bits per heavy atom. The first-order chi connectivity index (χ1) is 9.11. The first kappa shape index (κ1) is 13.4. The van der Waals surface area contributed by atoms with Gasteiger partial charge in [0, 0.05) is 32.7 Å². The van der Waals surface area contributed by atoms with E-state index < -0.39 is 0 Å². The van der Waals surface area contributed by atoms with Gasteiger partial charge in [0.25, 0.3) is 5.91 Å². The van der Waals surface area contributed by atoms with Gasteiger partial charge in [-0.1, -0.05) is 11.6 Å². The normalized spacial score (nSPS) is 10.3. The quantitative estimate of drug-likeness (QED) is 0.888. The number of halogens is 1. The van der Waals surface area contributed by atoms with E-state index in [1.807, 2.05) is 17.8 Å². The summed E-state index contributed by atoms with van der Waals surface area (Å²) in [5, 5.41) is 6.01. The molecule has 0 aromatic carbocycles. The number of aromatic nitrogens is 3. The molecule has 0 fully saturated rings. The van der Waals surface area contributed by atoms with Gasteiger partial charge in [0.2, 0.25) is 0 Å². The molecule has 6 nitrogen and oxygen atoms in total. The van der Waals surface area contributed by atoms with Crippen LogP contribution in [0.3, 0.4) is 0 Å². The lowest BCUT2D eigenvalue weighted by Crippen LogP contribution is -2.24. The summed E-state index contributed by atoms with van der Waals surface area (Å²) in [6.45, 7) is 0.355. The predicted molar refractivity (Wildman–Crippen MR) is 73.2 cm³/mol. The minimum Gasteiger partial charge on any atom is -0.372 e. The van der Waals surface area contributed by atoms with E-state index >= 15 is 0 Å². The lowest BCUT2D eigenvalue weighted by Gasteiger charge is -2.07. The Balaban J connectivity index is 2.04. The summed E-state index contributed by atoms with van der Waals surface area (Å²) < 4.78 is 1.84. The Morgan fingerprint density at radius 1 is 1.47 bits per heavy atom. The van der Waals surface area contributed by atoms with Crippen LogP contribution in [0.15, 0.2) is 24.7 Å². The Hall–Kier alpha value is -2.08. The molecular weight excluding hydrogens is 266 g/mol. The highest BCUT2D eigenvalue weighted by molar-refractivity contribution is 6.33. The van der Waals surface area contributed by atoms with Crippen LogP contribution < -0.4 is 10.6 Å². The number of nitrogens with zero attached hydrogens (tertiary/aromatic N) is 3. The fraction of sp³-hybridized carbons (Fsp3) is 0.250. The topological polar surface area (TPSA) is 71.8 Å². The van der Waals surface area contributed by atoms with Gasteiger partial charge in [-0.05, 0) is 6.07 Å². The van der Waals surface area contributed by atoms with E-state index in [0.29, 0.717) is 22.9 Å². The number of carbonyl (C=O) groups excluding carboxylic acids is 1. The van der Waals surface area contributed by atoms with E-state index in [-0.39, 0.29) is 5.91 Å². The molecule has 2 N–H and O–H groups in total. The van der Waals surface area contributed by atoms with Crippen molar-refractivity contribution in [1.29, 1.82) is 0 Å². The van der Waals surface area contributed by atoms with Gasteiger partial charge in [-0.15, -0.1) is 0 Å². The molecular formula is C12H14ClN5O. The molecule has 0 bridgehead atoms. The maximum atomic E-state index is 11.9. The molecule has 0 spiro atoms. The number of nitrogens with one attached hydrogen (secondary N) is 2. The van der Waals surface area contributed by atoms with Crippen LogP contribution in [0.2, 0.25) is 5.02 Å². The summed E-state index contributed by atoms with van der Waals surface area (Å²) in [6.07, 6.45) is 4.98. The molecule has 1 amide bonds. The van der Waals surface area contributed by atoms with Gasteiger partial charge in [0.15, 0.2) is 0 Å². The lowest BCUT2D eigenvalue weighted by atomic mass is 10.2. The first-order valence-corrected chi connectivity index (χ1v) is 6.07. The third kappa shape index (κ3) is 3.03. The van der Waals surface area contributed by atoms with Crippen molar-refractivity contribution in [2.24, 2.45) is 7.05 Å². The monoisotopic (exact) mass is 279 g/mol. The Kier molecular flexibility index (Phi) is 4.01. The third-order valence-corrected chi connectivity index (χ3v) is 2.96. The molecule has 0 unspecified atom stereocenters. The number of rotatable bonds is 4. The molecule has 0 radical (unpaired) electrons. The van der Waals surface area contributed by atoms with Crippen LogP contribution in [0.25, 0.3) is 0 Å². The van der Waals surface area contributed by atoms with Crippen molar-refractivity contribution in [2.45, 2.75) is 6.54 Å². The molecule has 7 heteroatoms. The number of aryl methyl sites for hydroxylation is 1. The Morgan fingerprint density at radius 3 is 2.84 bits per heavy atom. The fourth-order valence-corrected chi connectivity index (χ4v) is 1.84. The van der Waals surface area contributed by atoms with Crippen molar-refractivity contribution in [3.05, 3.63) is 41.1 Å². The van der Waals surface area contributed by atoms with Crippen LogP contribution >= 0.6 is 11.6 Å². The minimum absolute atomic E-state index is 0.236. The van der Waals surface area contributed by atoms with Gasteiger partial charge in [-0.2, -0.15) is 0 Å². The number of amides is 1. The predicted octanol–water partition coefficient (Wildman–Crippen LogP) is 1.44. The second-order valence-electron chi connectivity index (χ2n) is 3.94. The van der Waals surface area contributed by atoms with Crippen LogP contribution in [-0.2, 0) is 13.6 Å². The van der Waals surface area contributed by atoms with Crippen molar-refractivity contribution in [1.82, 2.24) is 19.9 Å². The van der Waals surface area contributed by atoms with Crippen LogP contribution in [-0.4, -0.2) is 27.5 Å². The molecule has 0 aliphatic rings. The molecule has 2 aromatic rings. The van der Waals surface area contributed by atoms with Gasteiger partial charge in [-0.25, -0.2) is 9.97 Å². The molecule has 0 aliphatic carbocycles. The maximum Gasteiger partial charge on any atom is 0.253 e. The summed E-state index contributed by atoms with van der Waals surface area (Å²) >= 11 is 5.98. The highest BCUT2D eigenvalue weighted by atomic mass is 35.5. The van der Waals surface area contributed by atoms with Gasteiger partial charge in [0.1, 0.15) is 11.6 Å². The van der Waals surface area contributed by atoms with Crippen molar-refractivity contribution >= 4 is 23.3 Å². The van der Waals surface area contributed by atoms with Gasteiger partial charge >= 0.3 is 0 Å². The van der Waals surface area contributed by atoms with E-state index in [4.69, 9.17) is 11.6 Å². The maximum absolute atomic E-state index is 11.9. The number of pyridine rings is 1. The zero-order chi connectivity index (χ0) is 13.8. The number of hydrogen-bond donors (Lipinski definition) is 2. The van der Waals surface area contributed by atoms with E-state index in [2.05, 4.69) is 20.6 Å². The van der Waals surface area contributed by atoms with Crippen LogP contribution in [0.5, 0.6) is 0 Å². The second-order valence-corrected chi connectivity index (χ2v) is 4.35. The fourth-order valence-electron chi connectivity index (χ4n) is 1.57. The number of carbonyl (C=O) groups is 1. The van der Waals surface area contributed by atoms with Gasteiger partial charge in [0.05, 0.1) is 17.1 Å². The zero-order valence-corrected chi connectivity index (χ0v) is 11.4. The molecule has 0 aliphatic heterocycles. The summed E-state index contributed by atoms with van der Waals surface area (Å²) in [6, 6.07) is 1.58. The minimum atomic E-state index is -0.236. The van der Waals surface area contributed by atoms with Crippen molar-refractivity contribution in [3.63, 3.8) is 0 Å². The average Bonchev–Trinajstić information content (AvgIpc) is 2.81. The lowest BCUT2D eigenvalue weighted by molar-refractivity contribution is 0.0949. The molecule has 0 saturated heterocycles. The summed E-state index contributed by atoms with van der Waals surface area (Å²) in [7, 11) is 3.59. The number of hydrogen-bond acceptors (Lipinski definition) is 4.